The van der Waals surface area contributed by atoms with E-state index in [1.807, 2.05) is 0 Å². The normalized spacial score (nSPS) is 12.8. The summed E-state index contributed by atoms with van der Waals surface area (Å²) in [7, 11) is -3.46. The van der Waals surface area contributed by atoms with Gasteiger partial charge in [-0.05, 0) is 6.42 Å². The van der Waals surface area contributed by atoms with Crippen LogP contribution in [0.1, 0.15) is 103 Å². The molecule has 0 bridgehead atoms. The van der Waals surface area contributed by atoms with E-state index in [0.717, 1.165) is 12.7 Å². The fourth-order valence-corrected chi connectivity index (χ4v) is 3.60. The molecule has 0 radical (unpaired) electrons. The van der Waals surface area contributed by atoms with E-state index in [2.05, 4.69) is 13.0 Å². The van der Waals surface area contributed by atoms with E-state index in [0.29, 0.717) is 13.2 Å². The first-order valence-electron chi connectivity index (χ1n) is 11.3. The standard InChI is InChI=1S/C22H43NO4S/c1-3-4-5-6-7-8-9-10-11-12-13-14-15-16-19-26-20-22(17-18-23)21-27-28(2,24)25/h22H,3-17,19-21H2,1-2H3. The largest absolute Gasteiger partial charge is 0.381 e. The smallest absolute Gasteiger partial charge is 0.264 e. The molecule has 28 heavy (non-hydrogen) atoms. The molecule has 5 nitrogen and oxygen atoms in total. The first-order chi connectivity index (χ1) is 13.5. The molecule has 0 saturated heterocycles. The van der Waals surface area contributed by atoms with Gasteiger partial charge in [-0.3, -0.25) is 4.18 Å². The first kappa shape index (κ1) is 27.4. The second kappa shape index (κ2) is 19.7. The Morgan fingerprint density at radius 3 is 1.68 bits per heavy atom. The number of nitriles is 1. The summed E-state index contributed by atoms with van der Waals surface area (Å²) in [6.07, 6.45) is 19.8. The van der Waals surface area contributed by atoms with Crippen molar-refractivity contribution in [1.29, 1.82) is 5.26 Å². The van der Waals surface area contributed by atoms with Gasteiger partial charge in [0, 0.05) is 18.9 Å². The van der Waals surface area contributed by atoms with Gasteiger partial charge in [0.2, 0.25) is 0 Å². The Bertz CT molecular complexity index is 473. The van der Waals surface area contributed by atoms with Crippen molar-refractivity contribution in [3.63, 3.8) is 0 Å². The third-order valence-electron chi connectivity index (χ3n) is 4.89. The van der Waals surface area contributed by atoms with Gasteiger partial charge in [0.05, 0.1) is 25.5 Å². The molecule has 0 aliphatic carbocycles. The molecule has 0 saturated carbocycles. The molecule has 0 heterocycles. The summed E-state index contributed by atoms with van der Waals surface area (Å²) in [5.74, 6) is -0.189. The second-order valence-electron chi connectivity index (χ2n) is 7.89. The summed E-state index contributed by atoms with van der Waals surface area (Å²) in [4.78, 5) is 0. The van der Waals surface area contributed by atoms with Crippen LogP contribution in [0.4, 0.5) is 0 Å². The number of ether oxygens (including phenoxy) is 1. The zero-order valence-electron chi connectivity index (χ0n) is 18.3. The maximum absolute atomic E-state index is 11.0. The average Bonchev–Trinajstić information content (AvgIpc) is 2.65. The highest BCUT2D eigenvalue weighted by atomic mass is 32.2. The van der Waals surface area contributed by atoms with Crippen molar-refractivity contribution in [2.24, 2.45) is 5.92 Å². The SMILES string of the molecule is CCCCCCCCCCCCCCCCOCC(CC#N)COS(C)(=O)=O. The lowest BCUT2D eigenvalue weighted by molar-refractivity contribution is 0.0787. The lowest BCUT2D eigenvalue weighted by Gasteiger charge is -2.13. The van der Waals surface area contributed by atoms with E-state index in [-0.39, 0.29) is 18.9 Å². The van der Waals surface area contributed by atoms with E-state index in [4.69, 9.17) is 14.2 Å². The summed E-state index contributed by atoms with van der Waals surface area (Å²) >= 11 is 0. The lowest BCUT2D eigenvalue weighted by Crippen LogP contribution is -2.18. The molecule has 6 heteroatoms. The van der Waals surface area contributed by atoms with Crippen molar-refractivity contribution in [2.45, 2.75) is 103 Å². The molecule has 0 spiro atoms. The fourth-order valence-electron chi connectivity index (χ4n) is 3.16. The van der Waals surface area contributed by atoms with Gasteiger partial charge in [-0.15, -0.1) is 0 Å². The maximum atomic E-state index is 11.0. The summed E-state index contributed by atoms with van der Waals surface area (Å²) in [5, 5.41) is 8.79. The molecule has 0 aromatic heterocycles. The maximum Gasteiger partial charge on any atom is 0.264 e. The molecule has 0 aliphatic heterocycles. The van der Waals surface area contributed by atoms with Gasteiger partial charge < -0.3 is 4.74 Å². The number of nitrogens with zero attached hydrogens (tertiary/aromatic N) is 1. The molecule has 0 aromatic rings. The van der Waals surface area contributed by atoms with Gasteiger partial charge in [-0.1, -0.05) is 90.4 Å². The van der Waals surface area contributed by atoms with Crippen LogP contribution in [0.5, 0.6) is 0 Å². The first-order valence-corrected chi connectivity index (χ1v) is 13.1. The van der Waals surface area contributed by atoms with Gasteiger partial charge in [-0.25, -0.2) is 0 Å². The van der Waals surface area contributed by atoms with E-state index in [1.54, 1.807) is 0 Å². The lowest BCUT2D eigenvalue weighted by atomic mass is 10.0. The third kappa shape index (κ3) is 21.7. The van der Waals surface area contributed by atoms with Gasteiger partial charge >= 0.3 is 0 Å². The molecule has 0 N–H and O–H groups in total. The summed E-state index contributed by atoms with van der Waals surface area (Å²) in [6.45, 7) is 3.32. The Labute approximate surface area is 174 Å². The van der Waals surface area contributed by atoms with Crippen LogP contribution in [0.2, 0.25) is 0 Å². The van der Waals surface area contributed by atoms with Crippen molar-refractivity contribution in [1.82, 2.24) is 0 Å². The van der Waals surface area contributed by atoms with E-state index < -0.39 is 10.1 Å². The monoisotopic (exact) mass is 417 g/mol. The number of rotatable bonds is 21. The van der Waals surface area contributed by atoms with Crippen LogP contribution >= 0.6 is 0 Å². The van der Waals surface area contributed by atoms with Crippen LogP contribution in [0.3, 0.4) is 0 Å². The molecule has 0 amide bonds. The molecular weight excluding hydrogens is 374 g/mol. The van der Waals surface area contributed by atoms with Crippen LogP contribution in [0.15, 0.2) is 0 Å². The third-order valence-corrected chi connectivity index (χ3v) is 5.46. The molecule has 0 rings (SSSR count). The van der Waals surface area contributed by atoms with Crippen LogP contribution in [-0.2, 0) is 19.0 Å². The van der Waals surface area contributed by atoms with Crippen LogP contribution in [0.25, 0.3) is 0 Å². The Balaban J connectivity index is 3.36. The Kier molecular flexibility index (Phi) is 19.2. The number of hydrogen-bond donors (Lipinski definition) is 0. The molecule has 1 unspecified atom stereocenters. The Morgan fingerprint density at radius 2 is 1.25 bits per heavy atom. The predicted molar refractivity (Wildman–Crippen MR) is 116 cm³/mol. The van der Waals surface area contributed by atoms with E-state index in [9.17, 15) is 8.42 Å². The van der Waals surface area contributed by atoms with Crippen molar-refractivity contribution >= 4 is 10.1 Å². The van der Waals surface area contributed by atoms with Gasteiger partial charge in [-0.2, -0.15) is 13.7 Å². The van der Waals surface area contributed by atoms with Crippen molar-refractivity contribution < 1.29 is 17.3 Å². The highest BCUT2D eigenvalue weighted by Gasteiger charge is 2.12. The summed E-state index contributed by atoms with van der Waals surface area (Å²) in [6, 6.07) is 2.05. The van der Waals surface area contributed by atoms with Crippen LogP contribution < -0.4 is 0 Å². The number of unbranched alkanes of at least 4 members (excludes halogenated alkanes) is 13. The molecule has 0 aromatic carbocycles. The second-order valence-corrected chi connectivity index (χ2v) is 9.53. The van der Waals surface area contributed by atoms with Crippen molar-refractivity contribution in [2.75, 3.05) is 26.1 Å². The van der Waals surface area contributed by atoms with Gasteiger partial charge in [0.15, 0.2) is 0 Å². The van der Waals surface area contributed by atoms with Gasteiger partial charge in [0.1, 0.15) is 0 Å². The van der Waals surface area contributed by atoms with Crippen molar-refractivity contribution in [3.8, 4) is 6.07 Å². The quantitative estimate of drug-likeness (QED) is 0.169. The zero-order chi connectivity index (χ0) is 20.9. The highest BCUT2D eigenvalue weighted by molar-refractivity contribution is 7.85. The minimum Gasteiger partial charge on any atom is -0.381 e. The molecule has 0 fully saturated rings. The molecule has 1 atom stereocenters. The number of hydrogen-bond acceptors (Lipinski definition) is 5. The van der Waals surface area contributed by atoms with E-state index in [1.165, 1.54) is 83.5 Å². The van der Waals surface area contributed by atoms with Crippen molar-refractivity contribution in [3.05, 3.63) is 0 Å². The van der Waals surface area contributed by atoms with Gasteiger partial charge in [0.25, 0.3) is 10.1 Å². The Morgan fingerprint density at radius 1 is 0.786 bits per heavy atom. The van der Waals surface area contributed by atoms with Crippen LogP contribution in [0, 0.1) is 17.2 Å². The van der Waals surface area contributed by atoms with Crippen LogP contribution in [-0.4, -0.2) is 34.5 Å². The summed E-state index contributed by atoms with van der Waals surface area (Å²) < 4.78 is 32.4. The molecular formula is C22H43NO4S. The highest BCUT2D eigenvalue weighted by Crippen LogP contribution is 2.13. The summed E-state index contributed by atoms with van der Waals surface area (Å²) in [5.41, 5.74) is 0. The Hall–Kier alpha value is -0.640. The zero-order valence-corrected chi connectivity index (χ0v) is 19.1. The van der Waals surface area contributed by atoms with E-state index >= 15 is 0 Å². The molecule has 166 valence electrons. The predicted octanol–water partition coefficient (Wildman–Crippen LogP) is 5.99. The minimum atomic E-state index is -3.46. The average molecular weight is 418 g/mol. The molecule has 0 aliphatic rings. The topological polar surface area (TPSA) is 76.4 Å². The fraction of sp³-hybridized carbons (Fsp3) is 0.955. The minimum absolute atomic E-state index is 0.0190.